The number of benzene rings is 1. The first-order valence-electron chi connectivity index (χ1n) is 6.14. The molecule has 1 atom stereocenters. The minimum atomic E-state index is -4.58. The number of anilines is 2. The third-order valence-electron chi connectivity index (χ3n) is 2.65. The summed E-state index contributed by atoms with van der Waals surface area (Å²) < 4.78 is 48.0. The predicted molar refractivity (Wildman–Crippen MR) is 71.8 cm³/mol. The maximum Gasteiger partial charge on any atom is 0.418 e. The van der Waals surface area contributed by atoms with Gasteiger partial charge in [0.2, 0.25) is 0 Å². The Morgan fingerprint density at radius 2 is 2.05 bits per heavy atom. The lowest BCUT2D eigenvalue weighted by Crippen LogP contribution is -2.29. The van der Waals surface area contributed by atoms with Gasteiger partial charge in [-0.2, -0.15) is 13.2 Å². The van der Waals surface area contributed by atoms with E-state index in [0.717, 1.165) is 12.1 Å². The van der Waals surface area contributed by atoms with Gasteiger partial charge in [-0.25, -0.2) is 0 Å². The minimum absolute atomic E-state index is 0.00344. The summed E-state index contributed by atoms with van der Waals surface area (Å²) in [5.41, 5.74) is 3.89. The van der Waals surface area contributed by atoms with Crippen molar-refractivity contribution < 1.29 is 27.4 Å². The zero-order valence-corrected chi connectivity index (χ0v) is 11.7. The van der Waals surface area contributed by atoms with Crippen LogP contribution in [0.4, 0.5) is 24.5 Å². The second-order valence-corrected chi connectivity index (χ2v) is 4.29. The molecule has 0 saturated heterocycles. The molecule has 8 heteroatoms. The highest BCUT2D eigenvalue weighted by molar-refractivity contribution is 5.94. The fourth-order valence-electron chi connectivity index (χ4n) is 1.51. The third kappa shape index (κ3) is 5.24. The number of nitrogens with one attached hydrogen (secondary N) is 1. The molecule has 0 spiro atoms. The first kappa shape index (κ1) is 17.3. The first-order chi connectivity index (χ1) is 9.75. The summed E-state index contributed by atoms with van der Waals surface area (Å²) in [6.45, 7) is 2.02. The third-order valence-corrected chi connectivity index (χ3v) is 2.65. The van der Waals surface area contributed by atoms with Crippen LogP contribution in [-0.4, -0.2) is 32.3 Å². The molecule has 5 nitrogen and oxygen atoms in total. The van der Waals surface area contributed by atoms with Gasteiger partial charge in [-0.3, -0.25) is 4.79 Å². The van der Waals surface area contributed by atoms with Crippen molar-refractivity contribution in [3.8, 4) is 0 Å². The van der Waals surface area contributed by atoms with E-state index in [1.54, 1.807) is 0 Å². The summed E-state index contributed by atoms with van der Waals surface area (Å²) in [7, 11) is 1.49. The number of alkyl halides is 3. The summed E-state index contributed by atoms with van der Waals surface area (Å²) >= 11 is 0. The van der Waals surface area contributed by atoms with Gasteiger partial charge >= 0.3 is 6.18 Å². The number of nitrogens with two attached hydrogens (primary N) is 1. The van der Waals surface area contributed by atoms with Crippen molar-refractivity contribution in [3.05, 3.63) is 23.8 Å². The molecule has 1 rings (SSSR count). The van der Waals surface area contributed by atoms with Crippen LogP contribution < -0.4 is 11.1 Å². The van der Waals surface area contributed by atoms with Crippen LogP contribution in [0.1, 0.15) is 12.5 Å². The molecule has 0 aliphatic carbocycles. The van der Waals surface area contributed by atoms with E-state index in [0.29, 0.717) is 6.61 Å². The van der Waals surface area contributed by atoms with Crippen molar-refractivity contribution in [3.63, 3.8) is 0 Å². The smallest absolute Gasteiger partial charge is 0.398 e. The topological polar surface area (TPSA) is 73.6 Å². The summed E-state index contributed by atoms with van der Waals surface area (Å²) in [5, 5.41) is 2.35. The Hall–Kier alpha value is -1.80. The standard InChI is InChI=1S/C13H17F3N2O3/c1-8(21-6-5-20-2)12(19)18-9-3-4-11(17)10(7-9)13(14,15)16/h3-4,7-8H,5-6,17H2,1-2H3,(H,18,19). The van der Waals surface area contributed by atoms with Crippen LogP contribution in [-0.2, 0) is 20.4 Å². The van der Waals surface area contributed by atoms with Crippen LogP contribution in [0, 0.1) is 0 Å². The summed E-state index contributed by atoms with van der Waals surface area (Å²) in [6, 6.07) is 3.17. The van der Waals surface area contributed by atoms with Crippen LogP contribution >= 0.6 is 0 Å². The number of hydrogen-bond donors (Lipinski definition) is 2. The normalized spacial score (nSPS) is 13.0. The molecule has 1 aromatic rings. The Kier molecular flexibility index (Phi) is 5.98. The van der Waals surface area contributed by atoms with Crippen LogP contribution in [0.2, 0.25) is 0 Å². The summed E-state index contributed by atoms with van der Waals surface area (Å²) in [5.74, 6) is -0.552. The van der Waals surface area contributed by atoms with Gasteiger partial charge in [0.15, 0.2) is 0 Å². The van der Waals surface area contributed by atoms with E-state index in [1.165, 1.54) is 20.1 Å². The molecule has 0 aliphatic rings. The van der Waals surface area contributed by atoms with Crippen LogP contribution in [0.15, 0.2) is 18.2 Å². The number of carbonyl (C=O) groups is 1. The number of amides is 1. The average molecular weight is 306 g/mol. The zero-order chi connectivity index (χ0) is 16.0. The minimum Gasteiger partial charge on any atom is -0.398 e. The molecule has 0 radical (unpaired) electrons. The van der Waals surface area contributed by atoms with E-state index >= 15 is 0 Å². The van der Waals surface area contributed by atoms with Crippen molar-refractivity contribution in [1.82, 2.24) is 0 Å². The van der Waals surface area contributed by atoms with E-state index in [-0.39, 0.29) is 12.3 Å². The Balaban J connectivity index is 2.73. The van der Waals surface area contributed by atoms with Crippen molar-refractivity contribution in [2.75, 3.05) is 31.4 Å². The summed E-state index contributed by atoms with van der Waals surface area (Å²) in [6.07, 6.45) is -5.39. The van der Waals surface area contributed by atoms with Gasteiger partial charge in [0.25, 0.3) is 5.91 Å². The monoisotopic (exact) mass is 306 g/mol. The lowest BCUT2D eigenvalue weighted by atomic mass is 10.1. The SMILES string of the molecule is COCCOC(C)C(=O)Nc1ccc(N)c(C(F)(F)F)c1. The molecule has 0 bridgehead atoms. The van der Waals surface area contributed by atoms with E-state index < -0.39 is 29.4 Å². The quantitative estimate of drug-likeness (QED) is 0.624. The molecular formula is C13H17F3N2O3. The number of rotatable bonds is 6. The Morgan fingerprint density at radius 3 is 2.62 bits per heavy atom. The van der Waals surface area contributed by atoms with Crippen LogP contribution in [0.25, 0.3) is 0 Å². The van der Waals surface area contributed by atoms with Crippen molar-refractivity contribution in [2.45, 2.75) is 19.2 Å². The number of halogens is 3. The molecule has 0 aliphatic heterocycles. The number of carbonyl (C=O) groups excluding carboxylic acids is 1. The Labute approximate surface area is 120 Å². The molecule has 0 heterocycles. The molecular weight excluding hydrogens is 289 g/mol. The molecule has 3 N–H and O–H groups in total. The second-order valence-electron chi connectivity index (χ2n) is 4.29. The highest BCUT2D eigenvalue weighted by Gasteiger charge is 2.33. The molecule has 0 aromatic heterocycles. The summed E-state index contributed by atoms with van der Waals surface area (Å²) in [4.78, 5) is 11.8. The van der Waals surface area contributed by atoms with Gasteiger partial charge in [-0.1, -0.05) is 0 Å². The number of methoxy groups -OCH3 is 1. The number of ether oxygens (including phenoxy) is 2. The zero-order valence-electron chi connectivity index (χ0n) is 11.7. The van der Waals surface area contributed by atoms with Gasteiger partial charge in [-0.05, 0) is 25.1 Å². The molecule has 0 fully saturated rings. The van der Waals surface area contributed by atoms with Crippen LogP contribution in [0.5, 0.6) is 0 Å². The molecule has 0 saturated carbocycles. The Bertz CT molecular complexity index is 492. The molecule has 118 valence electrons. The van der Waals surface area contributed by atoms with Gasteiger partial charge in [-0.15, -0.1) is 0 Å². The number of hydrogen-bond acceptors (Lipinski definition) is 4. The van der Waals surface area contributed by atoms with Gasteiger partial charge in [0.05, 0.1) is 18.8 Å². The van der Waals surface area contributed by atoms with Gasteiger partial charge in [0.1, 0.15) is 6.10 Å². The lowest BCUT2D eigenvalue weighted by Gasteiger charge is -2.15. The molecule has 21 heavy (non-hydrogen) atoms. The van der Waals surface area contributed by atoms with Gasteiger partial charge < -0.3 is 20.5 Å². The highest BCUT2D eigenvalue weighted by atomic mass is 19.4. The molecule has 1 unspecified atom stereocenters. The highest BCUT2D eigenvalue weighted by Crippen LogP contribution is 2.35. The Morgan fingerprint density at radius 1 is 1.38 bits per heavy atom. The van der Waals surface area contributed by atoms with Crippen molar-refractivity contribution in [1.29, 1.82) is 0 Å². The average Bonchev–Trinajstić information content (AvgIpc) is 2.39. The van der Waals surface area contributed by atoms with Gasteiger partial charge in [0, 0.05) is 18.5 Å². The van der Waals surface area contributed by atoms with Crippen molar-refractivity contribution >= 4 is 17.3 Å². The molecule has 1 amide bonds. The maximum absolute atomic E-state index is 12.7. The first-order valence-corrected chi connectivity index (χ1v) is 6.14. The fourth-order valence-corrected chi connectivity index (χ4v) is 1.51. The van der Waals surface area contributed by atoms with E-state index in [4.69, 9.17) is 15.2 Å². The molecule has 1 aromatic carbocycles. The second kappa shape index (κ2) is 7.28. The van der Waals surface area contributed by atoms with Crippen LogP contribution in [0.3, 0.4) is 0 Å². The lowest BCUT2D eigenvalue weighted by molar-refractivity contribution is -0.137. The predicted octanol–water partition coefficient (Wildman–Crippen LogP) is 2.28. The fraction of sp³-hybridized carbons (Fsp3) is 0.462. The largest absolute Gasteiger partial charge is 0.418 e. The van der Waals surface area contributed by atoms with Crippen molar-refractivity contribution in [2.24, 2.45) is 0 Å². The van der Waals surface area contributed by atoms with E-state index in [2.05, 4.69) is 5.32 Å². The van der Waals surface area contributed by atoms with E-state index in [1.807, 2.05) is 0 Å². The number of nitrogen functional groups attached to an aromatic ring is 1. The van der Waals surface area contributed by atoms with E-state index in [9.17, 15) is 18.0 Å². The maximum atomic E-state index is 12.7.